The van der Waals surface area contributed by atoms with E-state index >= 15 is 0 Å². The van der Waals surface area contributed by atoms with Gasteiger partial charge in [0.05, 0.1) is 13.2 Å². The predicted molar refractivity (Wildman–Crippen MR) is 62.3 cm³/mol. The third-order valence-corrected chi connectivity index (χ3v) is 1.35. The fraction of sp³-hybridized carbons (Fsp3) is 0.385. The van der Waals surface area contributed by atoms with E-state index in [4.69, 9.17) is 4.74 Å². The molecule has 0 heterocycles. The first-order valence-electron chi connectivity index (χ1n) is 5.07. The highest BCUT2D eigenvalue weighted by Gasteiger charge is 1.87. The van der Waals surface area contributed by atoms with E-state index in [-0.39, 0.29) is 0 Å². The average Bonchev–Trinajstić information content (AvgIpc) is 2.21. The van der Waals surface area contributed by atoms with Gasteiger partial charge in [-0.05, 0) is 5.56 Å². The molecule has 0 unspecified atom stereocenters. The average molecular weight is 192 g/mol. The van der Waals surface area contributed by atoms with Gasteiger partial charge in [-0.1, -0.05) is 56.7 Å². The Bertz CT molecular complexity index is 216. The van der Waals surface area contributed by atoms with E-state index in [1.54, 1.807) is 6.08 Å². The van der Waals surface area contributed by atoms with Gasteiger partial charge in [0.2, 0.25) is 0 Å². The summed E-state index contributed by atoms with van der Waals surface area (Å²) in [6.45, 7) is 9.11. The molecule has 0 amide bonds. The number of benzene rings is 1. The van der Waals surface area contributed by atoms with Gasteiger partial charge >= 0.3 is 0 Å². The maximum absolute atomic E-state index is 5.25. The number of hydrogen-bond donors (Lipinski definition) is 0. The van der Waals surface area contributed by atoms with Crippen LogP contribution >= 0.6 is 0 Å². The Morgan fingerprint density at radius 3 is 2.29 bits per heavy atom. The maximum atomic E-state index is 5.25. The Morgan fingerprint density at radius 1 is 1.21 bits per heavy atom. The lowest BCUT2D eigenvalue weighted by Crippen LogP contribution is -1.91. The highest BCUT2D eigenvalue weighted by molar-refractivity contribution is 5.13. The minimum absolute atomic E-state index is 0.620. The van der Waals surface area contributed by atoms with Gasteiger partial charge in [-0.3, -0.25) is 0 Å². The van der Waals surface area contributed by atoms with Gasteiger partial charge in [0.25, 0.3) is 0 Å². The van der Waals surface area contributed by atoms with Gasteiger partial charge in [-0.15, -0.1) is 6.58 Å². The van der Waals surface area contributed by atoms with E-state index < -0.39 is 0 Å². The van der Waals surface area contributed by atoms with Crippen LogP contribution in [0.5, 0.6) is 0 Å². The lowest BCUT2D eigenvalue weighted by atomic mass is 10.2. The fourth-order valence-corrected chi connectivity index (χ4v) is 0.834. The summed E-state index contributed by atoms with van der Waals surface area (Å²) in [5.74, 6) is 0. The van der Waals surface area contributed by atoms with Crippen molar-refractivity contribution < 1.29 is 4.74 Å². The molecule has 1 heteroatoms. The second-order valence-corrected chi connectivity index (χ2v) is 3.00. The SMILES string of the molecule is C=CCOCc1ccccc1.CCC. The van der Waals surface area contributed by atoms with Gasteiger partial charge in [0, 0.05) is 0 Å². The lowest BCUT2D eigenvalue weighted by Gasteiger charge is -1.99. The van der Waals surface area contributed by atoms with Crippen molar-refractivity contribution in [1.82, 2.24) is 0 Å². The number of ether oxygens (including phenoxy) is 1. The maximum Gasteiger partial charge on any atom is 0.0721 e. The molecule has 14 heavy (non-hydrogen) atoms. The van der Waals surface area contributed by atoms with E-state index in [2.05, 4.69) is 20.4 Å². The summed E-state index contributed by atoms with van der Waals surface area (Å²) in [6.07, 6.45) is 3.00. The van der Waals surface area contributed by atoms with Crippen LogP contribution in [-0.2, 0) is 11.3 Å². The van der Waals surface area contributed by atoms with Crippen molar-refractivity contribution in [2.24, 2.45) is 0 Å². The van der Waals surface area contributed by atoms with Crippen molar-refractivity contribution in [3.05, 3.63) is 48.6 Å². The van der Waals surface area contributed by atoms with Crippen molar-refractivity contribution in [2.75, 3.05) is 6.61 Å². The normalized spacial score (nSPS) is 8.71. The summed E-state index contributed by atoms with van der Waals surface area (Å²) >= 11 is 0. The highest BCUT2D eigenvalue weighted by Crippen LogP contribution is 1.99. The summed E-state index contributed by atoms with van der Waals surface area (Å²) in [6, 6.07) is 10.1. The Kier molecular flexibility index (Phi) is 9.23. The van der Waals surface area contributed by atoms with Crippen LogP contribution < -0.4 is 0 Å². The fourth-order valence-electron chi connectivity index (χ4n) is 0.834. The topological polar surface area (TPSA) is 9.23 Å². The molecule has 78 valence electrons. The van der Waals surface area contributed by atoms with Crippen molar-refractivity contribution in [3.63, 3.8) is 0 Å². The summed E-state index contributed by atoms with van der Waals surface area (Å²) in [5.41, 5.74) is 1.20. The van der Waals surface area contributed by atoms with Gasteiger partial charge in [-0.25, -0.2) is 0 Å². The van der Waals surface area contributed by atoms with Crippen LogP contribution in [0.3, 0.4) is 0 Å². The number of hydrogen-bond acceptors (Lipinski definition) is 1. The first kappa shape index (κ1) is 12.9. The Morgan fingerprint density at radius 2 is 1.79 bits per heavy atom. The van der Waals surface area contributed by atoms with Crippen molar-refractivity contribution in [3.8, 4) is 0 Å². The van der Waals surface area contributed by atoms with E-state index in [1.807, 2.05) is 30.3 Å². The van der Waals surface area contributed by atoms with Crippen molar-refractivity contribution in [2.45, 2.75) is 26.9 Å². The second-order valence-electron chi connectivity index (χ2n) is 3.00. The molecular formula is C13H20O. The molecule has 0 aliphatic heterocycles. The molecule has 0 aromatic heterocycles. The van der Waals surface area contributed by atoms with E-state index in [0.29, 0.717) is 13.2 Å². The molecule has 0 spiro atoms. The zero-order valence-electron chi connectivity index (χ0n) is 9.20. The molecule has 0 saturated heterocycles. The van der Waals surface area contributed by atoms with Crippen LogP contribution in [0.25, 0.3) is 0 Å². The lowest BCUT2D eigenvalue weighted by molar-refractivity contribution is 0.149. The summed E-state index contributed by atoms with van der Waals surface area (Å²) in [5, 5.41) is 0. The molecule has 0 aliphatic carbocycles. The van der Waals surface area contributed by atoms with Crippen LogP contribution in [0.4, 0.5) is 0 Å². The second kappa shape index (κ2) is 10.0. The largest absolute Gasteiger partial charge is 0.373 e. The van der Waals surface area contributed by atoms with Crippen LogP contribution in [0.2, 0.25) is 0 Å². The molecule has 1 nitrogen and oxygen atoms in total. The molecule has 0 bridgehead atoms. The van der Waals surface area contributed by atoms with Crippen molar-refractivity contribution >= 4 is 0 Å². The van der Waals surface area contributed by atoms with Crippen molar-refractivity contribution in [1.29, 1.82) is 0 Å². The first-order valence-corrected chi connectivity index (χ1v) is 5.07. The highest BCUT2D eigenvalue weighted by atomic mass is 16.5. The zero-order valence-corrected chi connectivity index (χ0v) is 9.20. The van der Waals surface area contributed by atoms with Gasteiger partial charge < -0.3 is 4.74 Å². The third-order valence-electron chi connectivity index (χ3n) is 1.35. The molecule has 1 aromatic rings. The predicted octanol–water partition coefficient (Wildman–Crippen LogP) is 3.81. The molecule has 0 saturated carbocycles. The first-order chi connectivity index (χ1) is 6.85. The molecule has 0 aliphatic rings. The quantitative estimate of drug-likeness (QED) is 0.520. The van der Waals surface area contributed by atoms with Gasteiger partial charge in [-0.2, -0.15) is 0 Å². The third kappa shape index (κ3) is 7.56. The van der Waals surface area contributed by atoms with Gasteiger partial charge in [0.1, 0.15) is 0 Å². The molecular weight excluding hydrogens is 172 g/mol. The summed E-state index contributed by atoms with van der Waals surface area (Å²) < 4.78 is 5.25. The smallest absolute Gasteiger partial charge is 0.0721 e. The van der Waals surface area contributed by atoms with E-state index in [0.717, 1.165) is 0 Å². The molecule has 1 aromatic carbocycles. The zero-order chi connectivity index (χ0) is 10.6. The standard InChI is InChI=1S/C10H12O.C3H8/c1-2-8-11-9-10-6-4-3-5-7-10;1-3-2/h2-7H,1,8-9H2;3H2,1-2H3. The van der Waals surface area contributed by atoms with Crippen LogP contribution in [-0.4, -0.2) is 6.61 Å². The molecule has 1 rings (SSSR count). The van der Waals surface area contributed by atoms with E-state index in [9.17, 15) is 0 Å². The van der Waals surface area contributed by atoms with Crippen LogP contribution in [0.15, 0.2) is 43.0 Å². The van der Waals surface area contributed by atoms with Crippen LogP contribution in [0, 0.1) is 0 Å². The molecule has 0 atom stereocenters. The summed E-state index contributed by atoms with van der Waals surface area (Å²) in [7, 11) is 0. The Balaban J connectivity index is 0.000000500. The Labute approximate surface area is 87.4 Å². The van der Waals surface area contributed by atoms with E-state index in [1.165, 1.54) is 12.0 Å². The molecule has 0 fully saturated rings. The van der Waals surface area contributed by atoms with Gasteiger partial charge in [0.15, 0.2) is 0 Å². The Hall–Kier alpha value is -1.08. The molecule has 0 N–H and O–H groups in total. The minimum atomic E-state index is 0.620. The monoisotopic (exact) mass is 192 g/mol. The number of rotatable bonds is 4. The molecule has 0 radical (unpaired) electrons. The van der Waals surface area contributed by atoms with Crippen LogP contribution in [0.1, 0.15) is 25.8 Å². The summed E-state index contributed by atoms with van der Waals surface area (Å²) in [4.78, 5) is 0. The minimum Gasteiger partial charge on any atom is -0.373 e.